The van der Waals surface area contributed by atoms with E-state index in [9.17, 15) is 9.59 Å². The van der Waals surface area contributed by atoms with E-state index in [0.717, 1.165) is 0 Å². The van der Waals surface area contributed by atoms with E-state index in [1.165, 1.54) is 4.68 Å². The number of benzene rings is 2. The van der Waals surface area contributed by atoms with Gasteiger partial charge < -0.3 is 15.4 Å². The van der Waals surface area contributed by atoms with E-state index in [1.54, 1.807) is 84.8 Å². The number of aromatic nitrogens is 4. The Kier molecular flexibility index (Phi) is 6.18. The van der Waals surface area contributed by atoms with Crippen LogP contribution in [-0.4, -0.2) is 31.4 Å². The first kappa shape index (κ1) is 21.1. The number of hydrogen-bond acceptors (Lipinski definition) is 5. The Hall–Kier alpha value is -4.11. The monoisotopic (exact) mass is 450 g/mol. The van der Waals surface area contributed by atoms with Crippen LogP contribution in [0.4, 0.5) is 11.4 Å². The van der Waals surface area contributed by atoms with Gasteiger partial charge in [0.05, 0.1) is 0 Å². The lowest BCUT2D eigenvalue weighted by Gasteiger charge is -2.08. The topological polar surface area (TPSA) is 103 Å². The van der Waals surface area contributed by atoms with Crippen molar-refractivity contribution < 1.29 is 14.3 Å². The molecule has 10 heteroatoms. The van der Waals surface area contributed by atoms with Gasteiger partial charge in [0, 0.05) is 35.8 Å². The highest BCUT2D eigenvalue weighted by molar-refractivity contribution is 6.30. The summed E-state index contributed by atoms with van der Waals surface area (Å²) in [5.41, 5.74) is 1.57. The number of nitrogens with zero attached hydrogens (tertiary/aromatic N) is 4. The fraction of sp³-hybridized carbons (Fsp3) is 0.0909. The molecule has 32 heavy (non-hydrogen) atoms. The lowest BCUT2D eigenvalue weighted by atomic mass is 10.2. The summed E-state index contributed by atoms with van der Waals surface area (Å²) in [7, 11) is 1.73. The molecular weight excluding hydrogens is 432 g/mol. The largest absolute Gasteiger partial charge is 0.471 e. The second kappa shape index (κ2) is 9.36. The van der Waals surface area contributed by atoms with Gasteiger partial charge >= 0.3 is 0 Å². The van der Waals surface area contributed by atoms with Crippen molar-refractivity contribution in [3.8, 4) is 5.75 Å². The number of halogens is 1. The number of nitrogens with one attached hydrogen (secondary N) is 2. The predicted molar refractivity (Wildman–Crippen MR) is 120 cm³/mol. The number of anilines is 2. The molecule has 4 aromatic rings. The zero-order valence-corrected chi connectivity index (χ0v) is 17.8. The van der Waals surface area contributed by atoms with Crippen LogP contribution in [0, 0.1) is 0 Å². The van der Waals surface area contributed by atoms with Crippen LogP contribution >= 0.6 is 11.6 Å². The molecule has 0 saturated heterocycles. The molecule has 162 valence electrons. The minimum atomic E-state index is -0.386. The quantitative estimate of drug-likeness (QED) is 0.445. The van der Waals surface area contributed by atoms with Crippen molar-refractivity contribution >= 4 is 34.8 Å². The van der Waals surface area contributed by atoms with E-state index in [1.807, 2.05) is 0 Å². The van der Waals surface area contributed by atoms with Gasteiger partial charge in [-0.3, -0.25) is 14.3 Å². The summed E-state index contributed by atoms with van der Waals surface area (Å²) >= 11 is 5.86. The maximum absolute atomic E-state index is 12.6. The van der Waals surface area contributed by atoms with Crippen molar-refractivity contribution in [2.75, 3.05) is 10.6 Å². The van der Waals surface area contributed by atoms with E-state index >= 15 is 0 Å². The minimum Gasteiger partial charge on any atom is -0.471 e. The molecule has 0 aliphatic heterocycles. The average Bonchev–Trinajstić information content (AvgIpc) is 3.43. The molecule has 2 aromatic carbocycles. The summed E-state index contributed by atoms with van der Waals surface area (Å²) in [6.45, 7) is 0.143. The molecule has 0 fully saturated rings. The van der Waals surface area contributed by atoms with Crippen LogP contribution in [0.1, 0.15) is 21.0 Å². The van der Waals surface area contributed by atoms with Crippen LogP contribution in [0.3, 0.4) is 0 Å². The Labute approximate surface area is 188 Å². The molecule has 0 unspecified atom stereocenters. The van der Waals surface area contributed by atoms with Crippen molar-refractivity contribution in [1.82, 2.24) is 19.6 Å². The van der Waals surface area contributed by atoms with Crippen LogP contribution in [0.5, 0.6) is 5.75 Å². The molecular formula is C22H19ClN6O3. The highest BCUT2D eigenvalue weighted by atomic mass is 35.5. The first-order chi connectivity index (χ1) is 15.5. The molecule has 0 aliphatic carbocycles. The summed E-state index contributed by atoms with van der Waals surface area (Å²) in [6, 6.07) is 17.0. The molecule has 0 aliphatic rings. The lowest BCUT2D eigenvalue weighted by Crippen LogP contribution is -2.15. The first-order valence-corrected chi connectivity index (χ1v) is 9.98. The maximum Gasteiger partial charge on any atom is 0.276 e. The molecule has 2 heterocycles. The molecule has 2 aromatic heterocycles. The van der Waals surface area contributed by atoms with Gasteiger partial charge in [-0.05, 0) is 54.6 Å². The standard InChI is InChI=1S/C22H19ClN6O3/c1-28-11-9-19(26-28)21(30)24-16-3-2-4-17(13-16)25-22(31)20-10-12-29(27-20)14-32-18-7-5-15(23)6-8-18/h2-13H,14H2,1H3,(H,24,30)(H,25,31). The first-order valence-electron chi connectivity index (χ1n) is 9.60. The third kappa shape index (κ3) is 5.32. The third-order valence-corrected chi connectivity index (χ3v) is 4.63. The summed E-state index contributed by atoms with van der Waals surface area (Å²) in [5.74, 6) is -0.0857. The molecule has 0 radical (unpaired) electrons. The fourth-order valence-corrected chi connectivity index (χ4v) is 2.95. The van der Waals surface area contributed by atoms with Crippen LogP contribution < -0.4 is 15.4 Å². The Morgan fingerprint density at radius 1 is 0.906 bits per heavy atom. The number of rotatable bonds is 7. The summed E-state index contributed by atoms with van der Waals surface area (Å²) in [6.07, 6.45) is 3.33. The normalized spacial score (nSPS) is 10.6. The van der Waals surface area contributed by atoms with Gasteiger partial charge in [-0.2, -0.15) is 10.2 Å². The zero-order valence-electron chi connectivity index (χ0n) is 17.0. The summed E-state index contributed by atoms with van der Waals surface area (Å²) < 4.78 is 8.67. The molecule has 0 spiro atoms. The van der Waals surface area contributed by atoms with E-state index in [0.29, 0.717) is 27.8 Å². The van der Waals surface area contributed by atoms with Crippen molar-refractivity contribution in [2.45, 2.75) is 6.73 Å². The van der Waals surface area contributed by atoms with Crippen molar-refractivity contribution in [3.05, 3.63) is 89.5 Å². The van der Waals surface area contributed by atoms with Gasteiger partial charge in [-0.15, -0.1) is 0 Å². The van der Waals surface area contributed by atoms with Crippen molar-refractivity contribution in [3.63, 3.8) is 0 Å². The zero-order chi connectivity index (χ0) is 22.5. The van der Waals surface area contributed by atoms with Crippen LogP contribution in [0.15, 0.2) is 73.1 Å². The minimum absolute atomic E-state index is 0.143. The molecule has 0 bridgehead atoms. The Balaban J connectivity index is 1.35. The number of amides is 2. The van der Waals surface area contributed by atoms with Gasteiger partial charge in [0.15, 0.2) is 18.1 Å². The van der Waals surface area contributed by atoms with E-state index < -0.39 is 0 Å². The molecule has 4 rings (SSSR count). The van der Waals surface area contributed by atoms with Crippen molar-refractivity contribution in [2.24, 2.45) is 7.05 Å². The van der Waals surface area contributed by atoms with Gasteiger partial charge in [0.2, 0.25) is 0 Å². The second-order valence-corrected chi connectivity index (χ2v) is 7.27. The lowest BCUT2D eigenvalue weighted by molar-refractivity contribution is 0.101. The number of carbonyl (C=O) groups is 2. The SMILES string of the molecule is Cn1ccc(C(=O)Nc2cccc(NC(=O)c3ccn(COc4ccc(Cl)cc4)n3)c2)n1. The van der Waals surface area contributed by atoms with Crippen LogP contribution in [0.2, 0.25) is 5.02 Å². The fourth-order valence-electron chi connectivity index (χ4n) is 2.83. The predicted octanol–water partition coefficient (Wildman–Crippen LogP) is 3.81. The number of ether oxygens (including phenoxy) is 1. The highest BCUT2D eigenvalue weighted by Crippen LogP contribution is 2.18. The number of hydrogen-bond donors (Lipinski definition) is 2. The van der Waals surface area contributed by atoms with Crippen molar-refractivity contribution in [1.29, 1.82) is 0 Å². The van der Waals surface area contributed by atoms with E-state index in [4.69, 9.17) is 16.3 Å². The van der Waals surface area contributed by atoms with Gasteiger partial charge in [-0.25, -0.2) is 4.68 Å². The summed E-state index contributed by atoms with van der Waals surface area (Å²) in [4.78, 5) is 24.8. The third-order valence-electron chi connectivity index (χ3n) is 4.37. The molecule has 0 atom stereocenters. The molecule has 9 nitrogen and oxygen atoms in total. The number of aryl methyl sites for hydroxylation is 1. The maximum atomic E-state index is 12.6. The van der Waals surface area contributed by atoms with Gasteiger partial charge in [0.1, 0.15) is 5.75 Å². The Morgan fingerprint density at radius 3 is 2.16 bits per heavy atom. The number of carbonyl (C=O) groups excluding carboxylic acids is 2. The van der Waals surface area contributed by atoms with Gasteiger partial charge in [-0.1, -0.05) is 17.7 Å². The smallest absolute Gasteiger partial charge is 0.276 e. The average molecular weight is 451 g/mol. The van der Waals surface area contributed by atoms with Crippen LogP contribution in [0.25, 0.3) is 0 Å². The Morgan fingerprint density at radius 2 is 1.53 bits per heavy atom. The van der Waals surface area contributed by atoms with Gasteiger partial charge in [0.25, 0.3) is 11.8 Å². The molecule has 0 saturated carbocycles. The second-order valence-electron chi connectivity index (χ2n) is 6.83. The highest BCUT2D eigenvalue weighted by Gasteiger charge is 2.12. The molecule has 2 amide bonds. The summed E-state index contributed by atoms with van der Waals surface area (Å²) in [5, 5.41) is 14.4. The van der Waals surface area contributed by atoms with E-state index in [2.05, 4.69) is 20.8 Å². The molecule has 2 N–H and O–H groups in total. The van der Waals surface area contributed by atoms with E-state index in [-0.39, 0.29) is 24.2 Å². The van der Waals surface area contributed by atoms with Crippen LogP contribution in [-0.2, 0) is 13.8 Å². The Bertz CT molecular complexity index is 1250.